The average molecular weight is 391 g/mol. The molecule has 1 aliphatic rings. The highest BCUT2D eigenvalue weighted by atomic mass is 16.1. The van der Waals surface area contributed by atoms with E-state index in [0.29, 0.717) is 19.4 Å². The van der Waals surface area contributed by atoms with Crippen LogP contribution in [0.15, 0.2) is 48.5 Å². The highest BCUT2D eigenvalue weighted by Gasteiger charge is 2.17. The summed E-state index contributed by atoms with van der Waals surface area (Å²) in [5.41, 5.74) is 4.50. The molecule has 0 saturated carbocycles. The molecule has 2 heterocycles. The minimum atomic E-state index is 0.0619. The van der Waals surface area contributed by atoms with Crippen LogP contribution in [0.3, 0.4) is 0 Å². The molecule has 3 aromatic rings. The number of carbonyl (C=O) groups is 1. The van der Waals surface area contributed by atoms with Crippen molar-refractivity contribution in [3.05, 3.63) is 65.5 Å². The molecule has 1 saturated heterocycles. The number of fused-ring (bicyclic) bond motifs is 1. The number of hydrogen-bond donors (Lipinski definition) is 2. The van der Waals surface area contributed by atoms with Crippen LogP contribution in [-0.2, 0) is 24.3 Å². The number of aryl methyl sites for hydroxylation is 1. The van der Waals surface area contributed by atoms with Gasteiger partial charge in [-0.3, -0.25) is 9.69 Å². The molecule has 2 N–H and O–H groups in total. The van der Waals surface area contributed by atoms with Gasteiger partial charge in [-0.1, -0.05) is 43.3 Å². The lowest BCUT2D eigenvalue weighted by Crippen LogP contribution is -2.34. The van der Waals surface area contributed by atoms with E-state index in [0.717, 1.165) is 35.9 Å². The molecule has 0 aliphatic carbocycles. The Morgan fingerprint density at radius 2 is 1.97 bits per heavy atom. The van der Waals surface area contributed by atoms with Gasteiger partial charge in [-0.25, -0.2) is 4.98 Å². The predicted molar refractivity (Wildman–Crippen MR) is 116 cm³/mol. The van der Waals surface area contributed by atoms with Crippen LogP contribution in [0.4, 0.5) is 0 Å². The summed E-state index contributed by atoms with van der Waals surface area (Å²) < 4.78 is 0. The van der Waals surface area contributed by atoms with Crippen LogP contribution in [0.25, 0.3) is 11.0 Å². The van der Waals surface area contributed by atoms with Crippen LogP contribution in [0.2, 0.25) is 0 Å². The molecule has 152 valence electrons. The Bertz CT molecular complexity index is 931. The molecular weight excluding hydrogens is 360 g/mol. The zero-order valence-corrected chi connectivity index (χ0v) is 17.2. The van der Waals surface area contributed by atoms with Crippen LogP contribution in [-0.4, -0.2) is 33.9 Å². The molecule has 4 rings (SSSR count). The number of amides is 1. The molecule has 1 amide bonds. The first-order chi connectivity index (χ1) is 14.2. The standard InChI is InChI=1S/C24H30N4O/c1-18-7-6-14-28(16-18)17-20-9-3-2-8-19(20)15-25-24(29)13-12-23-26-21-10-4-5-11-22(21)27-23/h2-5,8-11,18H,6-7,12-17H2,1H3,(H,25,29)(H,26,27)/t18-/m1/s1. The third kappa shape index (κ3) is 5.24. The largest absolute Gasteiger partial charge is 0.352 e. The Morgan fingerprint density at radius 1 is 1.17 bits per heavy atom. The minimum Gasteiger partial charge on any atom is -0.352 e. The fraction of sp³-hybridized carbons (Fsp3) is 0.417. The molecular formula is C24H30N4O. The number of aromatic amines is 1. The zero-order valence-electron chi connectivity index (χ0n) is 17.2. The summed E-state index contributed by atoms with van der Waals surface area (Å²) in [6.45, 7) is 6.22. The molecule has 1 aliphatic heterocycles. The van der Waals surface area contributed by atoms with Crippen molar-refractivity contribution in [1.82, 2.24) is 20.2 Å². The monoisotopic (exact) mass is 390 g/mol. The number of carbonyl (C=O) groups excluding carboxylic acids is 1. The highest BCUT2D eigenvalue weighted by Crippen LogP contribution is 2.19. The Labute approximate surface area is 172 Å². The first kappa shape index (κ1) is 19.6. The van der Waals surface area contributed by atoms with Crippen LogP contribution in [0, 0.1) is 5.92 Å². The molecule has 1 fully saturated rings. The number of rotatable bonds is 7. The first-order valence-electron chi connectivity index (χ1n) is 10.7. The SMILES string of the molecule is C[C@@H]1CCCN(Cc2ccccc2CNC(=O)CCc2nc3ccccc3[nH]2)C1. The van der Waals surface area contributed by atoms with E-state index in [9.17, 15) is 4.79 Å². The van der Waals surface area contributed by atoms with Crippen molar-refractivity contribution < 1.29 is 4.79 Å². The van der Waals surface area contributed by atoms with Crippen molar-refractivity contribution in [1.29, 1.82) is 0 Å². The van der Waals surface area contributed by atoms with Crippen LogP contribution >= 0.6 is 0 Å². The van der Waals surface area contributed by atoms with Crippen molar-refractivity contribution in [2.45, 2.75) is 45.7 Å². The third-order valence-corrected chi connectivity index (χ3v) is 5.76. The second kappa shape index (κ2) is 9.23. The molecule has 29 heavy (non-hydrogen) atoms. The fourth-order valence-electron chi connectivity index (χ4n) is 4.19. The first-order valence-corrected chi connectivity index (χ1v) is 10.7. The minimum absolute atomic E-state index is 0.0619. The summed E-state index contributed by atoms with van der Waals surface area (Å²) in [5, 5.41) is 3.09. The lowest BCUT2D eigenvalue weighted by molar-refractivity contribution is -0.121. The summed E-state index contributed by atoms with van der Waals surface area (Å²) >= 11 is 0. The molecule has 0 unspecified atom stereocenters. The van der Waals surface area contributed by atoms with Gasteiger partial charge in [0.25, 0.3) is 0 Å². The van der Waals surface area contributed by atoms with Gasteiger partial charge in [-0.15, -0.1) is 0 Å². The maximum atomic E-state index is 12.4. The number of benzene rings is 2. The number of nitrogens with one attached hydrogen (secondary N) is 2. The van der Waals surface area contributed by atoms with E-state index in [1.165, 1.54) is 30.5 Å². The van der Waals surface area contributed by atoms with Crippen LogP contribution in [0.1, 0.15) is 43.1 Å². The number of aromatic nitrogens is 2. The van der Waals surface area contributed by atoms with Gasteiger partial charge in [0, 0.05) is 32.5 Å². The number of nitrogens with zero attached hydrogens (tertiary/aromatic N) is 2. The Balaban J connectivity index is 1.29. The fourth-order valence-corrected chi connectivity index (χ4v) is 4.19. The number of H-pyrrole nitrogens is 1. The van der Waals surface area contributed by atoms with Gasteiger partial charge in [-0.2, -0.15) is 0 Å². The summed E-state index contributed by atoms with van der Waals surface area (Å²) in [4.78, 5) is 22.8. The summed E-state index contributed by atoms with van der Waals surface area (Å²) in [5.74, 6) is 1.70. The smallest absolute Gasteiger partial charge is 0.220 e. The summed E-state index contributed by atoms with van der Waals surface area (Å²) in [7, 11) is 0. The predicted octanol–water partition coefficient (Wildman–Crippen LogP) is 4.04. The maximum Gasteiger partial charge on any atom is 0.220 e. The molecule has 1 aromatic heterocycles. The van der Waals surface area contributed by atoms with E-state index in [1.54, 1.807) is 0 Å². The van der Waals surface area contributed by atoms with Gasteiger partial charge in [0.2, 0.25) is 5.91 Å². The van der Waals surface area contributed by atoms with Crippen molar-refractivity contribution in [2.75, 3.05) is 13.1 Å². The second-order valence-corrected chi connectivity index (χ2v) is 8.23. The molecule has 0 radical (unpaired) electrons. The number of likely N-dealkylation sites (tertiary alicyclic amines) is 1. The third-order valence-electron chi connectivity index (χ3n) is 5.76. The van der Waals surface area contributed by atoms with E-state index in [4.69, 9.17) is 0 Å². The number of piperidine rings is 1. The van der Waals surface area contributed by atoms with Crippen molar-refractivity contribution >= 4 is 16.9 Å². The second-order valence-electron chi connectivity index (χ2n) is 8.23. The molecule has 2 aromatic carbocycles. The molecule has 1 atom stereocenters. The van der Waals surface area contributed by atoms with E-state index in [1.807, 2.05) is 24.3 Å². The number of hydrogen-bond acceptors (Lipinski definition) is 3. The van der Waals surface area contributed by atoms with E-state index in [2.05, 4.69) is 51.4 Å². The Hall–Kier alpha value is -2.66. The Morgan fingerprint density at radius 3 is 2.79 bits per heavy atom. The van der Waals surface area contributed by atoms with Gasteiger partial charge in [0.05, 0.1) is 11.0 Å². The molecule has 5 nitrogen and oxygen atoms in total. The zero-order chi connectivity index (χ0) is 20.1. The lowest BCUT2D eigenvalue weighted by atomic mass is 9.99. The number of imidazole rings is 1. The van der Waals surface area contributed by atoms with Crippen molar-refractivity contribution in [3.63, 3.8) is 0 Å². The topological polar surface area (TPSA) is 61.0 Å². The quantitative estimate of drug-likeness (QED) is 0.640. The van der Waals surface area contributed by atoms with Gasteiger partial charge in [0.15, 0.2) is 0 Å². The van der Waals surface area contributed by atoms with Gasteiger partial charge in [-0.05, 0) is 48.6 Å². The van der Waals surface area contributed by atoms with Gasteiger partial charge in [0.1, 0.15) is 5.82 Å². The molecule has 0 bridgehead atoms. The summed E-state index contributed by atoms with van der Waals surface area (Å²) in [6, 6.07) is 16.4. The molecule has 0 spiro atoms. The van der Waals surface area contributed by atoms with Gasteiger partial charge < -0.3 is 10.3 Å². The lowest BCUT2D eigenvalue weighted by Gasteiger charge is -2.31. The van der Waals surface area contributed by atoms with E-state index < -0.39 is 0 Å². The van der Waals surface area contributed by atoms with Crippen molar-refractivity contribution in [2.24, 2.45) is 5.92 Å². The van der Waals surface area contributed by atoms with Crippen LogP contribution < -0.4 is 5.32 Å². The van der Waals surface area contributed by atoms with E-state index >= 15 is 0 Å². The number of para-hydroxylation sites is 2. The van der Waals surface area contributed by atoms with Crippen molar-refractivity contribution in [3.8, 4) is 0 Å². The van der Waals surface area contributed by atoms with E-state index in [-0.39, 0.29) is 5.91 Å². The summed E-state index contributed by atoms with van der Waals surface area (Å²) in [6.07, 6.45) is 3.67. The molecule has 5 heteroatoms. The van der Waals surface area contributed by atoms with Gasteiger partial charge >= 0.3 is 0 Å². The average Bonchev–Trinajstić information content (AvgIpc) is 3.15. The van der Waals surface area contributed by atoms with Crippen LogP contribution in [0.5, 0.6) is 0 Å². The Kier molecular flexibility index (Phi) is 6.25. The maximum absolute atomic E-state index is 12.4. The highest BCUT2D eigenvalue weighted by molar-refractivity contribution is 5.77. The normalized spacial score (nSPS) is 17.5.